The maximum atomic E-state index is 13.9. The van der Waals surface area contributed by atoms with Crippen molar-refractivity contribution in [3.63, 3.8) is 0 Å². The molecule has 2 heterocycles. The van der Waals surface area contributed by atoms with Crippen LogP contribution in [0.15, 0.2) is 47.8 Å². The third kappa shape index (κ3) is 4.88. The molecule has 3 amide bonds. The summed E-state index contributed by atoms with van der Waals surface area (Å²) in [5.74, 6) is -1.91. The van der Waals surface area contributed by atoms with E-state index in [-0.39, 0.29) is 28.8 Å². The molecule has 1 aliphatic rings. The second-order valence-electron chi connectivity index (χ2n) is 7.14. The topological polar surface area (TPSA) is 74.3 Å². The number of nitrogens with one attached hydrogen (secondary N) is 2. The summed E-state index contributed by atoms with van der Waals surface area (Å²) >= 11 is 0.998. The van der Waals surface area contributed by atoms with Crippen LogP contribution in [0, 0.1) is 11.6 Å². The van der Waals surface area contributed by atoms with Gasteiger partial charge in [0.2, 0.25) is 0 Å². The number of urea groups is 1. The summed E-state index contributed by atoms with van der Waals surface area (Å²) in [4.78, 5) is 30.5. The molecule has 1 aliphatic heterocycles. The van der Waals surface area contributed by atoms with Crippen LogP contribution in [0.3, 0.4) is 0 Å². The Labute approximate surface area is 181 Å². The van der Waals surface area contributed by atoms with Gasteiger partial charge >= 0.3 is 6.03 Å². The molecule has 1 saturated heterocycles. The molecule has 0 unspecified atom stereocenters. The number of halogens is 2. The van der Waals surface area contributed by atoms with Gasteiger partial charge in [0.15, 0.2) is 0 Å². The predicted molar refractivity (Wildman–Crippen MR) is 115 cm³/mol. The van der Waals surface area contributed by atoms with Crippen molar-refractivity contribution in [3.05, 3.63) is 70.7 Å². The molecule has 6 nitrogen and oxygen atoms in total. The van der Waals surface area contributed by atoms with Crippen molar-refractivity contribution in [2.75, 3.05) is 18.4 Å². The minimum atomic E-state index is -0.728. The van der Waals surface area contributed by atoms with E-state index in [1.54, 1.807) is 23.1 Å². The molecule has 0 radical (unpaired) electrons. The first-order valence-electron chi connectivity index (χ1n) is 9.84. The van der Waals surface area contributed by atoms with Crippen molar-refractivity contribution < 1.29 is 18.4 Å². The monoisotopic (exact) mass is 442 g/mol. The largest absolute Gasteiger partial charge is 0.347 e. The molecule has 0 atom stereocenters. The lowest BCUT2D eigenvalue weighted by Gasteiger charge is -2.16. The Morgan fingerprint density at radius 3 is 2.52 bits per heavy atom. The second-order valence-corrected chi connectivity index (χ2v) is 8.00. The van der Waals surface area contributed by atoms with Crippen LogP contribution < -0.4 is 10.6 Å². The van der Waals surface area contributed by atoms with Crippen molar-refractivity contribution in [2.24, 2.45) is 0 Å². The smallest absolute Gasteiger partial charge is 0.321 e. The zero-order chi connectivity index (χ0) is 21.8. The van der Waals surface area contributed by atoms with E-state index in [4.69, 9.17) is 0 Å². The van der Waals surface area contributed by atoms with Gasteiger partial charge in [-0.3, -0.25) is 4.79 Å². The Bertz CT molecular complexity index is 1090. The van der Waals surface area contributed by atoms with E-state index < -0.39 is 17.5 Å². The van der Waals surface area contributed by atoms with Crippen LogP contribution in [0.2, 0.25) is 0 Å². The van der Waals surface area contributed by atoms with Crippen LogP contribution in [-0.4, -0.2) is 34.9 Å². The summed E-state index contributed by atoms with van der Waals surface area (Å²) in [6.07, 6.45) is 2.03. The number of benzene rings is 2. The molecule has 2 aromatic carbocycles. The molecule has 31 heavy (non-hydrogen) atoms. The molecular weight excluding hydrogens is 422 g/mol. The number of hydrogen-bond acceptors (Lipinski definition) is 4. The van der Waals surface area contributed by atoms with E-state index in [2.05, 4.69) is 15.6 Å². The third-order valence-corrected chi connectivity index (χ3v) is 5.80. The Kier molecular flexibility index (Phi) is 6.22. The van der Waals surface area contributed by atoms with Crippen molar-refractivity contribution in [1.82, 2.24) is 15.2 Å². The van der Waals surface area contributed by atoms with Gasteiger partial charge in [0.25, 0.3) is 5.91 Å². The van der Waals surface area contributed by atoms with Gasteiger partial charge in [-0.05, 0) is 42.7 Å². The summed E-state index contributed by atoms with van der Waals surface area (Å²) in [5.41, 5.74) is 1.28. The van der Waals surface area contributed by atoms with E-state index in [9.17, 15) is 18.4 Å². The van der Waals surface area contributed by atoms with Crippen molar-refractivity contribution in [2.45, 2.75) is 19.4 Å². The lowest BCUT2D eigenvalue weighted by Crippen LogP contribution is -2.32. The van der Waals surface area contributed by atoms with Crippen LogP contribution in [0.5, 0.6) is 0 Å². The molecule has 0 bridgehead atoms. The van der Waals surface area contributed by atoms with Crippen LogP contribution in [0.1, 0.15) is 28.9 Å². The van der Waals surface area contributed by atoms with Gasteiger partial charge < -0.3 is 15.5 Å². The third-order valence-electron chi connectivity index (χ3n) is 4.94. The van der Waals surface area contributed by atoms with Gasteiger partial charge in [0.1, 0.15) is 22.3 Å². The van der Waals surface area contributed by atoms with Crippen molar-refractivity contribution >= 4 is 29.0 Å². The molecule has 0 saturated carbocycles. The summed E-state index contributed by atoms with van der Waals surface area (Å²) in [5, 5.41) is 7.17. The molecule has 4 rings (SSSR count). The maximum Gasteiger partial charge on any atom is 0.321 e. The van der Waals surface area contributed by atoms with Gasteiger partial charge in [-0.25, -0.2) is 18.6 Å². The lowest BCUT2D eigenvalue weighted by molar-refractivity contribution is 0.0946. The number of rotatable bonds is 5. The molecule has 0 spiro atoms. The molecule has 3 aromatic rings. The summed E-state index contributed by atoms with van der Waals surface area (Å²) in [6.45, 7) is 1.73. The fraction of sp³-hybridized carbons (Fsp3) is 0.227. The normalized spacial score (nSPS) is 13.3. The number of likely N-dealkylation sites (tertiary alicyclic amines) is 1. The first-order valence-corrected chi connectivity index (χ1v) is 10.7. The molecule has 9 heteroatoms. The zero-order valence-corrected chi connectivity index (χ0v) is 17.3. The zero-order valence-electron chi connectivity index (χ0n) is 16.5. The van der Waals surface area contributed by atoms with Gasteiger partial charge in [-0.1, -0.05) is 18.2 Å². The van der Waals surface area contributed by atoms with Crippen LogP contribution in [-0.2, 0) is 6.54 Å². The average molecular weight is 442 g/mol. The number of anilines is 1. The first kappa shape index (κ1) is 20.9. The number of hydrogen-bond donors (Lipinski definition) is 2. The number of thiazole rings is 1. The number of nitrogens with zero attached hydrogens (tertiary/aromatic N) is 2. The Hall–Kier alpha value is -3.33. The van der Waals surface area contributed by atoms with E-state index in [1.807, 2.05) is 6.07 Å². The fourth-order valence-electron chi connectivity index (χ4n) is 3.35. The summed E-state index contributed by atoms with van der Waals surface area (Å²) in [7, 11) is 0. The van der Waals surface area contributed by atoms with Crippen molar-refractivity contribution in [3.8, 4) is 10.6 Å². The molecule has 1 fully saturated rings. The maximum absolute atomic E-state index is 13.9. The minimum absolute atomic E-state index is 0.0844. The van der Waals surface area contributed by atoms with Crippen LogP contribution >= 0.6 is 11.3 Å². The number of aromatic nitrogens is 1. The van der Waals surface area contributed by atoms with E-state index in [0.717, 1.165) is 55.0 Å². The molecule has 160 valence electrons. The predicted octanol–water partition coefficient (Wildman–Crippen LogP) is 4.65. The second kappa shape index (κ2) is 9.22. The summed E-state index contributed by atoms with van der Waals surface area (Å²) in [6, 6.07) is 10.6. The number of carbonyl (C=O) groups is 2. The number of amides is 3. The highest BCUT2D eigenvalue weighted by atomic mass is 32.1. The van der Waals surface area contributed by atoms with Crippen LogP contribution in [0.4, 0.5) is 19.3 Å². The highest BCUT2D eigenvalue weighted by molar-refractivity contribution is 7.13. The molecule has 1 aromatic heterocycles. The molecular formula is C22H20F2N4O2S. The number of carbonyl (C=O) groups excluding carboxylic acids is 2. The van der Waals surface area contributed by atoms with Crippen LogP contribution in [0.25, 0.3) is 10.6 Å². The highest BCUT2D eigenvalue weighted by Crippen LogP contribution is 2.28. The molecule has 0 aliphatic carbocycles. The lowest BCUT2D eigenvalue weighted by atomic mass is 10.2. The Morgan fingerprint density at radius 2 is 1.77 bits per heavy atom. The Morgan fingerprint density at radius 1 is 1.06 bits per heavy atom. The van der Waals surface area contributed by atoms with Crippen molar-refractivity contribution in [1.29, 1.82) is 0 Å². The Balaban J connectivity index is 1.38. The van der Waals surface area contributed by atoms with Gasteiger partial charge in [-0.15, -0.1) is 11.3 Å². The highest BCUT2D eigenvalue weighted by Gasteiger charge is 2.19. The SMILES string of the molecule is O=C(NCc1cccc(NC(=O)N2CCCC2)c1)c1csc(-c2c(F)cccc2F)n1. The van der Waals surface area contributed by atoms with E-state index >= 15 is 0 Å². The molecule has 2 N–H and O–H groups in total. The first-order chi connectivity index (χ1) is 15.0. The van der Waals surface area contributed by atoms with E-state index in [0.29, 0.717) is 5.69 Å². The summed E-state index contributed by atoms with van der Waals surface area (Å²) < 4.78 is 27.9. The van der Waals surface area contributed by atoms with Gasteiger partial charge in [-0.2, -0.15) is 0 Å². The quantitative estimate of drug-likeness (QED) is 0.604. The standard InChI is InChI=1S/C22H20F2N4O2S/c23-16-7-4-8-17(24)19(16)21-27-18(13-31-21)20(29)25-12-14-5-3-6-15(11-14)26-22(30)28-9-1-2-10-28/h3-8,11,13H,1-2,9-10,12H2,(H,25,29)(H,26,30). The van der Waals surface area contributed by atoms with Gasteiger partial charge in [0, 0.05) is 30.7 Å². The minimum Gasteiger partial charge on any atom is -0.347 e. The van der Waals surface area contributed by atoms with E-state index in [1.165, 1.54) is 11.4 Å². The fourth-order valence-corrected chi connectivity index (χ4v) is 4.20. The average Bonchev–Trinajstić information content (AvgIpc) is 3.45. The van der Waals surface area contributed by atoms with Gasteiger partial charge in [0.05, 0.1) is 5.56 Å².